The summed E-state index contributed by atoms with van der Waals surface area (Å²) in [4.78, 5) is 13.1. The lowest BCUT2D eigenvalue weighted by Crippen LogP contribution is -2.31. The first-order chi connectivity index (χ1) is 6.24. The number of carbonyl (C=O) groups excluding carboxylic acids is 1. The van der Waals surface area contributed by atoms with Crippen molar-refractivity contribution in [2.45, 2.75) is 12.8 Å². The van der Waals surface area contributed by atoms with E-state index in [2.05, 4.69) is 5.32 Å². The molecule has 0 aliphatic carbocycles. The third-order valence-corrected chi connectivity index (χ3v) is 2.49. The molecule has 1 aliphatic rings. The summed E-state index contributed by atoms with van der Waals surface area (Å²) in [5.74, 6) is 0.636. The standard InChI is InChI=1S/C9H18N2O2/c1-11(4-5-12)9(13)6-8-2-3-10-7-8/h8,10,12H,2-7H2,1H3. The quantitative estimate of drug-likeness (QED) is 0.618. The van der Waals surface area contributed by atoms with Gasteiger partial charge in [-0.25, -0.2) is 0 Å². The third-order valence-electron chi connectivity index (χ3n) is 2.49. The van der Waals surface area contributed by atoms with Gasteiger partial charge >= 0.3 is 0 Å². The fourth-order valence-corrected chi connectivity index (χ4v) is 1.57. The fourth-order valence-electron chi connectivity index (χ4n) is 1.57. The van der Waals surface area contributed by atoms with Crippen molar-refractivity contribution in [2.75, 3.05) is 33.3 Å². The molecule has 1 heterocycles. The normalized spacial score (nSPS) is 21.8. The van der Waals surface area contributed by atoms with Gasteiger partial charge in [-0.05, 0) is 25.4 Å². The van der Waals surface area contributed by atoms with Gasteiger partial charge in [-0.3, -0.25) is 4.79 Å². The van der Waals surface area contributed by atoms with Crippen molar-refractivity contribution < 1.29 is 9.90 Å². The van der Waals surface area contributed by atoms with Crippen molar-refractivity contribution in [3.63, 3.8) is 0 Å². The first-order valence-corrected chi connectivity index (χ1v) is 4.79. The van der Waals surface area contributed by atoms with Crippen molar-refractivity contribution in [2.24, 2.45) is 5.92 Å². The lowest BCUT2D eigenvalue weighted by Gasteiger charge is -2.17. The summed E-state index contributed by atoms with van der Waals surface area (Å²) in [7, 11) is 1.74. The van der Waals surface area contributed by atoms with E-state index in [1.165, 1.54) is 0 Å². The number of aliphatic hydroxyl groups is 1. The maximum Gasteiger partial charge on any atom is 0.222 e. The molecule has 1 fully saturated rings. The molecule has 1 saturated heterocycles. The van der Waals surface area contributed by atoms with Crippen LogP contribution in [0.3, 0.4) is 0 Å². The predicted octanol–water partition coefficient (Wildman–Crippen LogP) is -0.563. The molecule has 76 valence electrons. The van der Waals surface area contributed by atoms with Crippen molar-refractivity contribution in [3.05, 3.63) is 0 Å². The summed E-state index contributed by atoms with van der Waals surface area (Å²) in [5, 5.41) is 11.9. The minimum Gasteiger partial charge on any atom is -0.395 e. The van der Waals surface area contributed by atoms with E-state index in [0.29, 0.717) is 18.9 Å². The SMILES string of the molecule is CN(CCO)C(=O)CC1CCNC1. The molecular formula is C9H18N2O2. The Labute approximate surface area is 78.9 Å². The molecule has 1 unspecified atom stereocenters. The molecule has 1 amide bonds. The number of amides is 1. The zero-order valence-electron chi connectivity index (χ0n) is 8.12. The summed E-state index contributed by atoms with van der Waals surface area (Å²) in [5.41, 5.74) is 0. The highest BCUT2D eigenvalue weighted by Gasteiger charge is 2.19. The molecule has 4 nitrogen and oxygen atoms in total. The lowest BCUT2D eigenvalue weighted by atomic mass is 10.0. The minimum atomic E-state index is 0.0468. The van der Waals surface area contributed by atoms with Crippen LogP contribution in [0.15, 0.2) is 0 Å². The first-order valence-electron chi connectivity index (χ1n) is 4.79. The predicted molar refractivity (Wildman–Crippen MR) is 50.3 cm³/mol. The average molecular weight is 186 g/mol. The molecule has 0 radical (unpaired) electrons. The highest BCUT2D eigenvalue weighted by molar-refractivity contribution is 5.76. The molecule has 1 aliphatic heterocycles. The number of hydrogen-bond donors (Lipinski definition) is 2. The van der Waals surface area contributed by atoms with E-state index in [9.17, 15) is 4.79 Å². The van der Waals surface area contributed by atoms with Gasteiger partial charge < -0.3 is 15.3 Å². The number of nitrogens with one attached hydrogen (secondary N) is 1. The maximum absolute atomic E-state index is 11.5. The zero-order valence-corrected chi connectivity index (χ0v) is 8.12. The van der Waals surface area contributed by atoms with E-state index in [1.54, 1.807) is 11.9 Å². The Balaban J connectivity index is 2.22. The topological polar surface area (TPSA) is 52.6 Å². The molecule has 0 aromatic carbocycles. The highest BCUT2D eigenvalue weighted by Crippen LogP contribution is 2.12. The smallest absolute Gasteiger partial charge is 0.222 e. The number of likely N-dealkylation sites (N-methyl/N-ethyl adjacent to an activating group) is 1. The summed E-state index contributed by atoms with van der Waals surface area (Å²) in [6, 6.07) is 0. The Kier molecular flexibility index (Phi) is 4.18. The van der Waals surface area contributed by atoms with E-state index in [0.717, 1.165) is 19.5 Å². The van der Waals surface area contributed by atoms with Gasteiger partial charge in [0.1, 0.15) is 0 Å². The van der Waals surface area contributed by atoms with Crippen LogP contribution in [0.1, 0.15) is 12.8 Å². The van der Waals surface area contributed by atoms with Gasteiger partial charge in [0.2, 0.25) is 5.91 Å². The molecular weight excluding hydrogens is 168 g/mol. The monoisotopic (exact) mass is 186 g/mol. The summed E-state index contributed by atoms with van der Waals surface area (Å²) in [6.07, 6.45) is 1.71. The molecule has 0 saturated carbocycles. The van der Waals surface area contributed by atoms with Gasteiger partial charge in [-0.1, -0.05) is 0 Å². The second kappa shape index (κ2) is 5.19. The van der Waals surface area contributed by atoms with Gasteiger partial charge in [0.05, 0.1) is 6.61 Å². The third kappa shape index (κ3) is 3.32. The van der Waals surface area contributed by atoms with Gasteiger partial charge in [0.25, 0.3) is 0 Å². The molecule has 0 aromatic rings. The Morgan fingerprint density at radius 3 is 3.00 bits per heavy atom. The number of hydrogen-bond acceptors (Lipinski definition) is 3. The molecule has 0 bridgehead atoms. The zero-order chi connectivity index (χ0) is 9.68. The number of rotatable bonds is 4. The van der Waals surface area contributed by atoms with Gasteiger partial charge in [-0.15, -0.1) is 0 Å². The minimum absolute atomic E-state index is 0.0468. The first kappa shape index (κ1) is 10.5. The van der Waals surface area contributed by atoms with E-state index in [4.69, 9.17) is 5.11 Å². The van der Waals surface area contributed by atoms with Gasteiger partial charge in [0, 0.05) is 20.0 Å². The Bertz CT molecular complexity index is 167. The van der Waals surface area contributed by atoms with Crippen LogP contribution in [0, 0.1) is 5.92 Å². The molecule has 0 spiro atoms. The van der Waals surface area contributed by atoms with Crippen LogP contribution < -0.4 is 5.32 Å². The molecule has 1 atom stereocenters. The molecule has 0 aromatic heterocycles. The van der Waals surface area contributed by atoms with Gasteiger partial charge in [0.15, 0.2) is 0 Å². The average Bonchev–Trinajstić information content (AvgIpc) is 2.57. The number of carbonyl (C=O) groups is 1. The number of aliphatic hydroxyl groups excluding tert-OH is 1. The highest BCUT2D eigenvalue weighted by atomic mass is 16.3. The van der Waals surface area contributed by atoms with Crippen LogP contribution in [0.2, 0.25) is 0 Å². The summed E-state index contributed by atoms with van der Waals surface area (Å²) in [6.45, 7) is 2.48. The largest absolute Gasteiger partial charge is 0.395 e. The van der Waals surface area contributed by atoms with Crippen LogP contribution in [-0.2, 0) is 4.79 Å². The van der Waals surface area contributed by atoms with Crippen molar-refractivity contribution >= 4 is 5.91 Å². The van der Waals surface area contributed by atoms with Gasteiger partial charge in [-0.2, -0.15) is 0 Å². The molecule has 2 N–H and O–H groups in total. The van der Waals surface area contributed by atoms with E-state index < -0.39 is 0 Å². The van der Waals surface area contributed by atoms with Crippen LogP contribution in [0.25, 0.3) is 0 Å². The van der Waals surface area contributed by atoms with Crippen LogP contribution in [0.4, 0.5) is 0 Å². The maximum atomic E-state index is 11.5. The van der Waals surface area contributed by atoms with Crippen LogP contribution in [0.5, 0.6) is 0 Å². The van der Waals surface area contributed by atoms with E-state index in [1.807, 2.05) is 0 Å². The Morgan fingerprint density at radius 2 is 2.46 bits per heavy atom. The summed E-state index contributed by atoms with van der Waals surface area (Å²) < 4.78 is 0. The van der Waals surface area contributed by atoms with E-state index in [-0.39, 0.29) is 12.5 Å². The fraction of sp³-hybridized carbons (Fsp3) is 0.889. The Morgan fingerprint density at radius 1 is 1.69 bits per heavy atom. The molecule has 1 rings (SSSR count). The summed E-state index contributed by atoms with van der Waals surface area (Å²) >= 11 is 0. The van der Waals surface area contributed by atoms with Crippen molar-refractivity contribution in [3.8, 4) is 0 Å². The second-order valence-corrected chi connectivity index (χ2v) is 3.60. The van der Waals surface area contributed by atoms with Crippen LogP contribution >= 0.6 is 0 Å². The van der Waals surface area contributed by atoms with Crippen LogP contribution in [-0.4, -0.2) is 49.2 Å². The molecule has 13 heavy (non-hydrogen) atoms. The Hall–Kier alpha value is -0.610. The number of nitrogens with zero attached hydrogens (tertiary/aromatic N) is 1. The van der Waals surface area contributed by atoms with Crippen molar-refractivity contribution in [1.29, 1.82) is 0 Å². The molecule has 4 heteroatoms. The van der Waals surface area contributed by atoms with E-state index >= 15 is 0 Å². The second-order valence-electron chi connectivity index (χ2n) is 3.60. The van der Waals surface area contributed by atoms with Crippen molar-refractivity contribution in [1.82, 2.24) is 10.2 Å². The lowest BCUT2D eigenvalue weighted by molar-refractivity contribution is -0.131.